The predicted molar refractivity (Wildman–Crippen MR) is 66.5 cm³/mol. The molecule has 1 rings (SSSR count). The van der Waals surface area contributed by atoms with Gasteiger partial charge >= 0.3 is 0 Å². The van der Waals surface area contributed by atoms with Crippen LogP contribution in [-0.2, 0) is 0 Å². The van der Waals surface area contributed by atoms with Crippen LogP contribution in [0.1, 0.15) is 24.2 Å². The summed E-state index contributed by atoms with van der Waals surface area (Å²) in [5.41, 5.74) is 4.56. The summed E-state index contributed by atoms with van der Waals surface area (Å²) in [6.45, 7) is 3.63. The van der Waals surface area contributed by atoms with Crippen molar-refractivity contribution in [3.63, 3.8) is 0 Å². The average Bonchev–Trinajstić information content (AvgIpc) is 2.24. The molecule has 0 atom stereocenters. The molecule has 0 spiro atoms. The zero-order valence-corrected chi connectivity index (χ0v) is 10.7. The lowest BCUT2D eigenvalue weighted by Gasteiger charge is -2.18. The lowest BCUT2D eigenvalue weighted by molar-refractivity contribution is -0.385. The second-order valence-electron chi connectivity index (χ2n) is 4.45. The van der Waals surface area contributed by atoms with E-state index in [2.05, 4.69) is 10.3 Å². The number of hydrogen-bond donors (Lipinski definition) is 2. The third-order valence-electron chi connectivity index (χ3n) is 2.00. The predicted octanol–water partition coefficient (Wildman–Crippen LogP) is 1.11. The number of aromatic nitrogens is 1. The van der Waals surface area contributed by atoms with Crippen molar-refractivity contribution < 1.29 is 9.72 Å². The van der Waals surface area contributed by atoms with Gasteiger partial charge in [0.2, 0.25) is 0 Å². The second kappa shape index (κ2) is 5.28. The van der Waals surface area contributed by atoms with Gasteiger partial charge in [-0.3, -0.25) is 14.9 Å². The van der Waals surface area contributed by atoms with Crippen molar-refractivity contribution in [3.05, 3.63) is 33.1 Å². The maximum absolute atomic E-state index is 11.8. The van der Waals surface area contributed by atoms with E-state index in [0.717, 1.165) is 12.3 Å². The number of carbonyl (C=O) groups excluding carboxylic acids is 1. The highest BCUT2D eigenvalue weighted by molar-refractivity contribution is 6.29. The highest BCUT2D eigenvalue weighted by Gasteiger charge is 2.22. The summed E-state index contributed by atoms with van der Waals surface area (Å²) in [5, 5.41) is 13.3. The van der Waals surface area contributed by atoms with Crippen molar-refractivity contribution >= 4 is 23.2 Å². The lowest BCUT2D eigenvalue weighted by Crippen LogP contribution is -2.45. The minimum Gasteiger partial charge on any atom is -0.350 e. The average molecular weight is 273 g/mol. The van der Waals surface area contributed by atoms with Crippen molar-refractivity contribution in [1.82, 2.24) is 10.3 Å². The molecule has 0 aliphatic rings. The molecule has 8 heteroatoms. The Hall–Kier alpha value is -1.73. The van der Waals surface area contributed by atoms with Crippen LogP contribution in [0, 0.1) is 10.1 Å². The number of carbonyl (C=O) groups is 1. The van der Waals surface area contributed by atoms with E-state index in [1.807, 2.05) is 0 Å². The summed E-state index contributed by atoms with van der Waals surface area (Å²) < 4.78 is 0. The Kier molecular flexibility index (Phi) is 4.20. The summed E-state index contributed by atoms with van der Waals surface area (Å²) in [4.78, 5) is 25.5. The minimum absolute atomic E-state index is 0.0118. The molecule has 1 aromatic heterocycles. The Balaban J connectivity index is 2.97. The largest absolute Gasteiger partial charge is 0.350 e. The summed E-state index contributed by atoms with van der Waals surface area (Å²) in [5.74, 6) is -0.607. The highest BCUT2D eigenvalue weighted by atomic mass is 35.5. The van der Waals surface area contributed by atoms with Crippen LogP contribution in [0.5, 0.6) is 0 Å². The van der Waals surface area contributed by atoms with Crippen molar-refractivity contribution in [2.45, 2.75) is 19.4 Å². The molecule has 0 aliphatic heterocycles. The maximum Gasteiger partial charge on any atom is 0.300 e. The monoisotopic (exact) mass is 272 g/mol. The number of rotatable bonds is 4. The fraction of sp³-hybridized carbons (Fsp3) is 0.400. The number of nitrogens with two attached hydrogens (primary N) is 1. The fourth-order valence-electron chi connectivity index (χ4n) is 1.15. The van der Waals surface area contributed by atoms with Crippen molar-refractivity contribution in [3.8, 4) is 0 Å². The van der Waals surface area contributed by atoms with Gasteiger partial charge in [0.1, 0.15) is 16.9 Å². The van der Waals surface area contributed by atoms with Crippen LogP contribution in [0.2, 0.25) is 5.15 Å². The highest BCUT2D eigenvalue weighted by Crippen LogP contribution is 2.20. The van der Waals surface area contributed by atoms with Crippen LogP contribution in [0.15, 0.2) is 12.3 Å². The third-order valence-corrected chi connectivity index (χ3v) is 2.20. The van der Waals surface area contributed by atoms with Gasteiger partial charge in [0.05, 0.1) is 4.92 Å². The molecule has 0 aromatic carbocycles. The molecule has 0 radical (unpaired) electrons. The summed E-state index contributed by atoms with van der Waals surface area (Å²) >= 11 is 5.62. The smallest absolute Gasteiger partial charge is 0.300 e. The van der Waals surface area contributed by atoms with Gasteiger partial charge in [0.15, 0.2) is 0 Å². The van der Waals surface area contributed by atoms with Crippen LogP contribution in [0.25, 0.3) is 0 Å². The lowest BCUT2D eigenvalue weighted by atomic mass is 10.1. The SMILES string of the molecule is CC(C)(N)CNC(=O)c1cc(Cl)ncc1[N+](=O)[O-]. The standard InChI is InChI=1S/C10H13ClN4O3/c1-10(2,12)5-14-9(16)6-3-8(11)13-4-7(6)15(17)18/h3-4H,5,12H2,1-2H3,(H,14,16). The fourth-order valence-corrected chi connectivity index (χ4v) is 1.31. The Labute approximate surface area is 108 Å². The number of hydrogen-bond acceptors (Lipinski definition) is 5. The third kappa shape index (κ3) is 3.94. The first kappa shape index (κ1) is 14.3. The zero-order chi connectivity index (χ0) is 13.9. The van der Waals surface area contributed by atoms with Crippen molar-refractivity contribution in [2.24, 2.45) is 5.73 Å². The van der Waals surface area contributed by atoms with Gasteiger partial charge in [-0.15, -0.1) is 0 Å². The van der Waals surface area contributed by atoms with Crippen molar-refractivity contribution in [1.29, 1.82) is 0 Å². The Morgan fingerprint density at radius 2 is 2.28 bits per heavy atom. The van der Waals surface area contributed by atoms with Crippen LogP contribution in [0.4, 0.5) is 5.69 Å². The van der Waals surface area contributed by atoms with E-state index >= 15 is 0 Å². The van der Waals surface area contributed by atoms with Crippen LogP contribution in [-0.4, -0.2) is 27.9 Å². The Morgan fingerprint density at radius 1 is 1.67 bits per heavy atom. The molecule has 0 saturated carbocycles. The molecule has 0 saturated heterocycles. The van der Waals surface area contributed by atoms with E-state index in [4.69, 9.17) is 17.3 Å². The molecule has 18 heavy (non-hydrogen) atoms. The van der Waals surface area contributed by atoms with Gasteiger partial charge in [-0.1, -0.05) is 11.6 Å². The summed E-state index contributed by atoms with van der Waals surface area (Å²) in [6, 6.07) is 1.15. The first-order chi connectivity index (χ1) is 8.20. The molecule has 7 nitrogen and oxygen atoms in total. The van der Waals surface area contributed by atoms with E-state index in [1.54, 1.807) is 13.8 Å². The molecule has 1 amide bonds. The first-order valence-corrected chi connectivity index (χ1v) is 5.45. The number of pyridine rings is 1. The molecular weight excluding hydrogens is 260 g/mol. The van der Waals surface area contributed by atoms with E-state index in [-0.39, 0.29) is 17.3 Å². The number of nitrogens with one attached hydrogen (secondary N) is 1. The van der Waals surface area contributed by atoms with Crippen LogP contribution < -0.4 is 11.1 Å². The number of nitro groups is 1. The first-order valence-electron chi connectivity index (χ1n) is 5.08. The summed E-state index contributed by atoms with van der Waals surface area (Å²) in [6.07, 6.45) is 0.949. The molecule has 1 heterocycles. The zero-order valence-electron chi connectivity index (χ0n) is 9.94. The molecule has 1 aromatic rings. The van der Waals surface area contributed by atoms with Gasteiger partial charge in [-0.05, 0) is 19.9 Å². The normalized spacial score (nSPS) is 11.1. The Morgan fingerprint density at radius 3 is 2.78 bits per heavy atom. The van der Waals surface area contributed by atoms with E-state index in [0.29, 0.717) is 0 Å². The van der Waals surface area contributed by atoms with Crippen molar-refractivity contribution in [2.75, 3.05) is 6.54 Å². The number of nitrogens with zero attached hydrogens (tertiary/aromatic N) is 2. The number of halogens is 1. The van der Waals surface area contributed by atoms with Gasteiger partial charge in [0, 0.05) is 12.1 Å². The van der Waals surface area contributed by atoms with E-state index < -0.39 is 22.1 Å². The van der Waals surface area contributed by atoms with Crippen LogP contribution >= 0.6 is 11.6 Å². The maximum atomic E-state index is 11.8. The van der Waals surface area contributed by atoms with Gasteiger partial charge < -0.3 is 11.1 Å². The molecule has 0 bridgehead atoms. The summed E-state index contributed by atoms with van der Waals surface area (Å²) in [7, 11) is 0. The Bertz CT molecular complexity index is 485. The second-order valence-corrected chi connectivity index (χ2v) is 4.84. The molecular formula is C10H13ClN4O3. The molecule has 3 N–H and O–H groups in total. The van der Waals surface area contributed by atoms with Crippen LogP contribution in [0.3, 0.4) is 0 Å². The molecule has 0 aliphatic carbocycles. The van der Waals surface area contributed by atoms with Gasteiger partial charge in [-0.25, -0.2) is 4.98 Å². The number of amides is 1. The topological polar surface area (TPSA) is 111 Å². The van der Waals surface area contributed by atoms with Gasteiger partial charge in [-0.2, -0.15) is 0 Å². The molecule has 0 fully saturated rings. The minimum atomic E-state index is -0.689. The molecule has 0 unspecified atom stereocenters. The quantitative estimate of drug-likeness (QED) is 0.484. The molecule has 98 valence electrons. The van der Waals surface area contributed by atoms with Gasteiger partial charge in [0.25, 0.3) is 11.6 Å². The van der Waals surface area contributed by atoms with E-state index in [1.165, 1.54) is 0 Å². The van der Waals surface area contributed by atoms with E-state index in [9.17, 15) is 14.9 Å².